The highest BCUT2D eigenvalue weighted by Gasteiger charge is 2.08. The third-order valence-corrected chi connectivity index (χ3v) is 2.69. The first-order chi connectivity index (χ1) is 8.49. The van der Waals surface area contributed by atoms with Gasteiger partial charge in [0.25, 0.3) is 0 Å². The van der Waals surface area contributed by atoms with E-state index in [0.29, 0.717) is 19.4 Å². The molecule has 2 unspecified atom stereocenters. The molecule has 0 heterocycles. The Morgan fingerprint density at radius 2 is 2.06 bits per heavy atom. The van der Waals surface area contributed by atoms with Gasteiger partial charge in [-0.05, 0) is 25.2 Å². The first kappa shape index (κ1) is 16.3. The van der Waals surface area contributed by atoms with Crippen LogP contribution in [0.15, 0.2) is 0 Å². The fourth-order valence-corrected chi connectivity index (χ4v) is 1.42. The minimum atomic E-state index is -0.785. The number of terminal acetylenes is 1. The van der Waals surface area contributed by atoms with Crippen LogP contribution >= 0.6 is 0 Å². The molecule has 0 radical (unpaired) electrons. The van der Waals surface area contributed by atoms with Crippen molar-refractivity contribution in [2.24, 2.45) is 5.92 Å². The molecule has 0 aliphatic carbocycles. The van der Waals surface area contributed by atoms with Crippen LogP contribution in [0.25, 0.3) is 0 Å². The molecule has 0 saturated heterocycles. The van der Waals surface area contributed by atoms with Crippen molar-refractivity contribution in [3.63, 3.8) is 0 Å². The van der Waals surface area contributed by atoms with Gasteiger partial charge >= 0.3 is 12.0 Å². The molecule has 0 aromatic carbocycles. The van der Waals surface area contributed by atoms with Crippen LogP contribution in [-0.4, -0.2) is 29.7 Å². The molecule has 0 aromatic rings. The largest absolute Gasteiger partial charge is 0.481 e. The van der Waals surface area contributed by atoms with E-state index < -0.39 is 5.97 Å². The molecule has 2 atom stereocenters. The SMILES string of the molecule is C#CC(CC)NC(=O)NCCC(C)CCC(=O)O. The predicted octanol–water partition coefficient (Wildman–Crippen LogP) is 1.59. The first-order valence-corrected chi connectivity index (χ1v) is 6.21. The van der Waals surface area contributed by atoms with Crippen LogP contribution in [0.2, 0.25) is 0 Å². The topological polar surface area (TPSA) is 78.4 Å². The highest BCUT2D eigenvalue weighted by Crippen LogP contribution is 2.08. The summed E-state index contributed by atoms with van der Waals surface area (Å²) in [4.78, 5) is 21.8. The van der Waals surface area contributed by atoms with Crippen LogP contribution < -0.4 is 10.6 Å². The molecule has 0 fully saturated rings. The van der Waals surface area contributed by atoms with Crippen LogP contribution in [-0.2, 0) is 4.79 Å². The number of amides is 2. The van der Waals surface area contributed by atoms with Gasteiger partial charge in [-0.1, -0.05) is 19.8 Å². The van der Waals surface area contributed by atoms with E-state index in [4.69, 9.17) is 11.5 Å². The smallest absolute Gasteiger partial charge is 0.315 e. The van der Waals surface area contributed by atoms with Gasteiger partial charge in [0.1, 0.15) is 0 Å². The monoisotopic (exact) mass is 254 g/mol. The van der Waals surface area contributed by atoms with Crippen molar-refractivity contribution in [1.29, 1.82) is 0 Å². The van der Waals surface area contributed by atoms with Gasteiger partial charge in [0, 0.05) is 13.0 Å². The fraction of sp³-hybridized carbons (Fsp3) is 0.692. The van der Waals surface area contributed by atoms with Crippen molar-refractivity contribution < 1.29 is 14.7 Å². The Morgan fingerprint density at radius 3 is 2.56 bits per heavy atom. The Balaban J connectivity index is 3.68. The zero-order valence-corrected chi connectivity index (χ0v) is 11.0. The number of carboxylic acids is 1. The summed E-state index contributed by atoms with van der Waals surface area (Å²) >= 11 is 0. The lowest BCUT2D eigenvalue weighted by molar-refractivity contribution is -0.137. The summed E-state index contributed by atoms with van der Waals surface area (Å²) in [5.41, 5.74) is 0. The molecule has 0 aromatic heterocycles. The number of carbonyl (C=O) groups is 2. The van der Waals surface area contributed by atoms with Crippen LogP contribution in [0.4, 0.5) is 4.79 Å². The number of carbonyl (C=O) groups excluding carboxylic acids is 1. The van der Waals surface area contributed by atoms with Crippen molar-refractivity contribution in [3.8, 4) is 12.3 Å². The highest BCUT2D eigenvalue weighted by molar-refractivity contribution is 5.74. The van der Waals surface area contributed by atoms with Gasteiger partial charge in [0.15, 0.2) is 0 Å². The van der Waals surface area contributed by atoms with Crippen molar-refractivity contribution in [1.82, 2.24) is 10.6 Å². The third-order valence-electron chi connectivity index (χ3n) is 2.69. The second-order valence-corrected chi connectivity index (χ2v) is 4.35. The zero-order chi connectivity index (χ0) is 14.0. The van der Waals surface area contributed by atoms with Gasteiger partial charge in [-0.3, -0.25) is 4.79 Å². The van der Waals surface area contributed by atoms with E-state index in [1.165, 1.54) is 0 Å². The highest BCUT2D eigenvalue weighted by atomic mass is 16.4. The average Bonchev–Trinajstić information content (AvgIpc) is 2.33. The number of urea groups is 1. The number of hydrogen-bond donors (Lipinski definition) is 3. The number of nitrogens with one attached hydrogen (secondary N) is 2. The molecular weight excluding hydrogens is 232 g/mol. The molecule has 18 heavy (non-hydrogen) atoms. The van der Waals surface area contributed by atoms with Crippen LogP contribution in [0.3, 0.4) is 0 Å². The standard InChI is InChI=1S/C13H22N2O3/c1-4-11(5-2)15-13(18)14-9-8-10(3)6-7-12(16)17/h1,10-11H,5-9H2,2-3H3,(H,16,17)(H2,14,15,18). The molecule has 0 bridgehead atoms. The molecule has 2 amide bonds. The van der Waals surface area contributed by atoms with E-state index in [1.807, 2.05) is 13.8 Å². The lowest BCUT2D eigenvalue weighted by Crippen LogP contribution is -2.41. The van der Waals surface area contributed by atoms with Gasteiger partial charge in [0.2, 0.25) is 0 Å². The fourth-order valence-electron chi connectivity index (χ4n) is 1.42. The second-order valence-electron chi connectivity index (χ2n) is 4.35. The van der Waals surface area contributed by atoms with Crippen molar-refractivity contribution in [3.05, 3.63) is 0 Å². The summed E-state index contributed by atoms with van der Waals surface area (Å²) in [5, 5.41) is 13.9. The Hall–Kier alpha value is -1.70. The maximum Gasteiger partial charge on any atom is 0.315 e. The molecule has 102 valence electrons. The van der Waals surface area contributed by atoms with Crippen molar-refractivity contribution in [2.45, 2.75) is 45.6 Å². The normalized spacial score (nSPS) is 13.2. The molecule has 0 rings (SSSR count). The number of carboxylic acid groups (broad SMARTS) is 1. The molecule has 5 nitrogen and oxygen atoms in total. The molecule has 0 spiro atoms. The molecule has 0 aliphatic heterocycles. The number of aliphatic carboxylic acids is 1. The van der Waals surface area contributed by atoms with E-state index in [1.54, 1.807) is 0 Å². The number of rotatable bonds is 8. The molecular formula is C13H22N2O3. The minimum absolute atomic E-state index is 0.169. The predicted molar refractivity (Wildman–Crippen MR) is 70.1 cm³/mol. The van der Waals surface area contributed by atoms with Crippen molar-refractivity contribution >= 4 is 12.0 Å². The van der Waals surface area contributed by atoms with Gasteiger partial charge < -0.3 is 15.7 Å². The van der Waals surface area contributed by atoms with Crippen LogP contribution in [0, 0.1) is 18.3 Å². The average molecular weight is 254 g/mol. The maximum atomic E-state index is 11.4. The first-order valence-electron chi connectivity index (χ1n) is 6.21. The van der Waals surface area contributed by atoms with Crippen molar-refractivity contribution in [2.75, 3.05) is 6.54 Å². The molecule has 5 heteroatoms. The molecule has 0 aliphatic rings. The zero-order valence-electron chi connectivity index (χ0n) is 11.0. The number of hydrogen-bond acceptors (Lipinski definition) is 2. The summed E-state index contributed by atoms with van der Waals surface area (Å²) in [6, 6.07) is -0.514. The summed E-state index contributed by atoms with van der Waals surface area (Å²) in [5.74, 6) is 1.97. The van der Waals surface area contributed by atoms with Gasteiger partial charge in [-0.25, -0.2) is 4.79 Å². The Labute approximate surface area is 108 Å². The summed E-state index contributed by atoms with van der Waals surface area (Å²) < 4.78 is 0. The van der Waals surface area contributed by atoms with E-state index in [9.17, 15) is 9.59 Å². The Kier molecular flexibility index (Phi) is 8.46. The van der Waals surface area contributed by atoms with Gasteiger partial charge in [-0.2, -0.15) is 0 Å². The Bertz CT molecular complexity index is 310. The van der Waals surface area contributed by atoms with E-state index >= 15 is 0 Å². The lowest BCUT2D eigenvalue weighted by Gasteiger charge is -2.13. The molecule has 0 saturated carbocycles. The van der Waals surface area contributed by atoms with Gasteiger partial charge in [0.05, 0.1) is 6.04 Å². The van der Waals surface area contributed by atoms with Crippen LogP contribution in [0.5, 0.6) is 0 Å². The maximum absolute atomic E-state index is 11.4. The minimum Gasteiger partial charge on any atom is -0.481 e. The summed E-state index contributed by atoms with van der Waals surface area (Å²) in [6.07, 6.45) is 7.47. The molecule has 3 N–H and O–H groups in total. The lowest BCUT2D eigenvalue weighted by atomic mass is 10.0. The third kappa shape index (κ3) is 8.45. The van der Waals surface area contributed by atoms with E-state index in [0.717, 1.165) is 6.42 Å². The quantitative estimate of drug-likeness (QED) is 0.575. The summed E-state index contributed by atoms with van der Waals surface area (Å²) in [6.45, 7) is 4.39. The van der Waals surface area contributed by atoms with E-state index in [2.05, 4.69) is 16.6 Å². The van der Waals surface area contributed by atoms with Gasteiger partial charge in [-0.15, -0.1) is 6.42 Å². The summed E-state index contributed by atoms with van der Waals surface area (Å²) in [7, 11) is 0. The van der Waals surface area contributed by atoms with Crippen LogP contribution in [0.1, 0.15) is 39.5 Å². The second kappa shape index (κ2) is 9.34. The Morgan fingerprint density at radius 1 is 1.39 bits per heavy atom. The van der Waals surface area contributed by atoms with E-state index in [-0.39, 0.29) is 24.4 Å².